The number of nitrogens with one attached hydrogen (secondary N) is 1. The van der Waals surface area contributed by atoms with Crippen LogP contribution in [0.3, 0.4) is 0 Å². The molecule has 3 rings (SSSR count). The fraction of sp³-hybridized carbons (Fsp3) is 0.300. The van der Waals surface area contributed by atoms with Crippen LogP contribution in [0.4, 0.5) is 5.69 Å². The summed E-state index contributed by atoms with van der Waals surface area (Å²) in [5, 5.41) is 6.62. The average molecular weight is 415 g/mol. The predicted molar refractivity (Wildman–Crippen MR) is 115 cm³/mol. The zero-order valence-electron chi connectivity index (χ0n) is 16.3. The van der Waals surface area contributed by atoms with Gasteiger partial charge in [0, 0.05) is 18.1 Å². The summed E-state index contributed by atoms with van der Waals surface area (Å²) >= 11 is 2.90. The van der Waals surface area contributed by atoms with E-state index >= 15 is 0 Å². The van der Waals surface area contributed by atoms with Crippen molar-refractivity contribution in [2.45, 2.75) is 25.8 Å². The molecule has 0 saturated carbocycles. The molecule has 0 saturated heterocycles. The molecule has 2 heterocycles. The molecule has 0 atom stereocenters. The van der Waals surface area contributed by atoms with Gasteiger partial charge in [0.05, 0.1) is 12.3 Å². The highest BCUT2D eigenvalue weighted by Crippen LogP contribution is 2.27. The number of likely N-dealkylation sites (N-methyl/N-ethyl adjacent to an activating group) is 1. The zero-order valence-corrected chi connectivity index (χ0v) is 17.9. The van der Waals surface area contributed by atoms with Gasteiger partial charge in [-0.15, -0.1) is 11.3 Å². The maximum Gasteiger partial charge on any atom is 0.243 e. The van der Waals surface area contributed by atoms with E-state index < -0.39 is 0 Å². The summed E-state index contributed by atoms with van der Waals surface area (Å²) in [5.74, 6) is -0.119. The van der Waals surface area contributed by atoms with Crippen molar-refractivity contribution in [2.75, 3.05) is 24.7 Å². The molecule has 0 unspecified atom stereocenters. The van der Waals surface area contributed by atoms with Crippen LogP contribution in [0.5, 0.6) is 0 Å². The lowest BCUT2D eigenvalue weighted by Gasteiger charge is -2.18. The van der Waals surface area contributed by atoms with E-state index in [0.29, 0.717) is 0 Å². The van der Waals surface area contributed by atoms with Gasteiger partial charge in [-0.2, -0.15) is 0 Å². The predicted octanol–water partition coefficient (Wildman–Crippen LogP) is 3.81. The fourth-order valence-electron chi connectivity index (χ4n) is 2.98. The molecule has 8 heteroatoms. The minimum absolute atomic E-state index is 0.00376. The third-order valence-corrected chi connectivity index (χ3v) is 6.12. The standard InChI is InChI=1S/C20H22N4O2S2/c1-12-7-13(2)18(14(3)8-12)23-16(25)9-24(4)17(26)10-28-20-15-5-6-27-19(15)21-11-22-20/h5-8,11H,9-10H2,1-4H3,(H,23,25). The maximum atomic E-state index is 12.4. The van der Waals surface area contributed by atoms with Crippen LogP contribution in [0.15, 0.2) is 34.9 Å². The molecule has 0 aliphatic rings. The van der Waals surface area contributed by atoms with Crippen molar-refractivity contribution in [1.29, 1.82) is 0 Å². The zero-order chi connectivity index (χ0) is 20.3. The summed E-state index contributed by atoms with van der Waals surface area (Å²) in [6.07, 6.45) is 1.51. The largest absolute Gasteiger partial charge is 0.336 e. The highest BCUT2D eigenvalue weighted by Gasteiger charge is 2.16. The Hall–Kier alpha value is -2.45. The van der Waals surface area contributed by atoms with E-state index in [1.54, 1.807) is 18.4 Å². The average Bonchev–Trinajstić information content (AvgIpc) is 3.12. The molecule has 1 N–H and O–H groups in total. The second-order valence-corrected chi connectivity index (χ2v) is 8.54. The first-order valence-electron chi connectivity index (χ1n) is 8.78. The molecule has 28 heavy (non-hydrogen) atoms. The fourth-order valence-corrected chi connectivity index (χ4v) is 4.70. The van der Waals surface area contributed by atoms with E-state index in [4.69, 9.17) is 0 Å². The molecule has 2 aromatic heterocycles. The molecular formula is C20H22N4O2S2. The van der Waals surface area contributed by atoms with Gasteiger partial charge in [0.1, 0.15) is 16.2 Å². The van der Waals surface area contributed by atoms with E-state index in [9.17, 15) is 9.59 Å². The number of hydrogen-bond donors (Lipinski definition) is 1. The number of thioether (sulfide) groups is 1. The quantitative estimate of drug-likeness (QED) is 0.490. The number of hydrogen-bond acceptors (Lipinski definition) is 6. The van der Waals surface area contributed by atoms with Crippen molar-refractivity contribution in [2.24, 2.45) is 0 Å². The Morgan fingerprint density at radius 1 is 1.18 bits per heavy atom. The number of nitrogens with zero attached hydrogens (tertiary/aromatic N) is 3. The van der Waals surface area contributed by atoms with Crippen molar-refractivity contribution >= 4 is 50.8 Å². The highest BCUT2D eigenvalue weighted by atomic mass is 32.2. The van der Waals surface area contributed by atoms with Gasteiger partial charge in [-0.25, -0.2) is 9.97 Å². The van der Waals surface area contributed by atoms with Crippen LogP contribution in [-0.4, -0.2) is 46.0 Å². The Kier molecular flexibility index (Phi) is 6.31. The van der Waals surface area contributed by atoms with Crippen molar-refractivity contribution in [3.63, 3.8) is 0 Å². The second kappa shape index (κ2) is 8.70. The van der Waals surface area contributed by atoms with Gasteiger partial charge < -0.3 is 10.2 Å². The molecule has 0 spiro atoms. The lowest BCUT2D eigenvalue weighted by molar-refractivity contribution is -0.131. The van der Waals surface area contributed by atoms with Gasteiger partial charge in [-0.1, -0.05) is 29.5 Å². The minimum Gasteiger partial charge on any atom is -0.336 e. The van der Waals surface area contributed by atoms with Crippen LogP contribution in [-0.2, 0) is 9.59 Å². The Bertz CT molecular complexity index is 1010. The molecule has 2 amide bonds. The van der Waals surface area contributed by atoms with Crippen LogP contribution >= 0.6 is 23.1 Å². The molecule has 3 aromatic rings. The van der Waals surface area contributed by atoms with Gasteiger partial charge in [-0.05, 0) is 43.3 Å². The van der Waals surface area contributed by atoms with E-state index in [-0.39, 0.29) is 24.1 Å². The topological polar surface area (TPSA) is 75.2 Å². The summed E-state index contributed by atoms with van der Waals surface area (Å²) in [6, 6.07) is 6.01. The lowest BCUT2D eigenvalue weighted by atomic mass is 10.1. The molecular weight excluding hydrogens is 392 g/mol. The van der Waals surface area contributed by atoms with Gasteiger partial charge in [0.2, 0.25) is 11.8 Å². The minimum atomic E-state index is -0.210. The van der Waals surface area contributed by atoms with Crippen LogP contribution in [0.1, 0.15) is 16.7 Å². The Morgan fingerprint density at radius 2 is 1.89 bits per heavy atom. The molecule has 146 valence electrons. The van der Waals surface area contributed by atoms with E-state index in [2.05, 4.69) is 15.3 Å². The lowest BCUT2D eigenvalue weighted by Crippen LogP contribution is -2.36. The SMILES string of the molecule is Cc1cc(C)c(NC(=O)CN(C)C(=O)CSc2ncnc3sccc23)c(C)c1. The van der Waals surface area contributed by atoms with Gasteiger partial charge in [0.25, 0.3) is 0 Å². The summed E-state index contributed by atoms with van der Waals surface area (Å²) in [6.45, 7) is 5.96. The molecule has 0 fully saturated rings. The normalized spacial score (nSPS) is 10.9. The maximum absolute atomic E-state index is 12.4. The van der Waals surface area contributed by atoms with Crippen LogP contribution in [0, 0.1) is 20.8 Å². The smallest absolute Gasteiger partial charge is 0.243 e. The third-order valence-electron chi connectivity index (χ3n) is 4.31. The number of rotatable bonds is 6. The highest BCUT2D eigenvalue weighted by molar-refractivity contribution is 8.00. The van der Waals surface area contributed by atoms with E-state index in [1.807, 2.05) is 44.4 Å². The molecule has 0 bridgehead atoms. The van der Waals surface area contributed by atoms with Crippen molar-refractivity contribution in [1.82, 2.24) is 14.9 Å². The van der Waals surface area contributed by atoms with Gasteiger partial charge >= 0.3 is 0 Å². The number of anilines is 1. The Morgan fingerprint density at radius 3 is 2.61 bits per heavy atom. The van der Waals surface area contributed by atoms with Crippen molar-refractivity contribution < 1.29 is 9.59 Å². The van der Waals surface area contributed by atoms with Gasteiger partial charge in [0.15, 0.2) is 0 Å². The molecule has 0 aliphatic carbocycles. The van der Waals surface area contributed by atoms with Crippen molar-refractivity contribution in [3.8, 4) is 0 Å². The molecule has 0 radical (unpaired) electrons. The summed E-state index contributed by atoms with van der Waals surface area (Å²) in [4.78, 5) is 35.7. The first kappa shape index (κ1) is 20.3. The number of thiophene rings is 1. The van der Waals surface area contributed by atoms with E-state index in [1.165, 1.54) is 23.0 Å². The van der Waals surface area contributed by atoms with Crippen LogP contribution < -0.4 is 5.32 Å². The Balaban J connectivity index is 1.57. The summed E-state index contributed by atoms with van der Waals surface area (Å²) < 4.78 is 0. The number of benzene rings is 1. The number of aromatic nitrogens is 2. The summed E-state index contributed by atoms with van der Waals surface area (Å²) in [7, 11) is 1.64. The third kappa shape index (κ3) is 4.69. The number of carbonyl (C=O) groups is 2. The monoisotopic (exact) mass is 414 g/mol. The van der Waals surface area contributed by atoms with Crippen LogP contribution in [0.25, 0.3) is 10.2 Å². The first-order valence-corrected chi connectivity index (χ1v) is 10.6. The Labute approximate surface area is 172 Å². The van der Waals surface area contributed by atoms with Crippen LogP contribution in [0.2, 0.25) is 0 Å². The second-order valence-electron chi connectivity index (χ2n) is 6.68. The van der Waals surface area contributed by atoms with Crippen molar-refractivity contribution in [3.05, 3.63) is 46.6 Å². The number of amides is 2. The van der Waals surface area contributed by atoms with Gasteiger partial charge in [-0.3, -0.25) is 9.59 Å². The molecule has 1 aromatic carbocycles. The first-order chi connectivity index (χ1) is 13.3. The number of aryl methyl sites for hydroxylation is 3. The number of fused-ring (bicyclic) bond motifs is 1. The van der Waals surface area contributed by atoms with E-state index in [0.717, 1.165) is 37.6 Å². The summed E-state index contributed by atoms with van der Waals surface area (Å²) in [5.41, 5.74) is 3.99. The molecule has 6 nitrogen and oxygen atoms in total. The molecule has 0 aliphatic heterocycles. The number of carbonyl (C=O) groups excluding carboxylic acids is 2.